The van der Waals surface area contributed by atoms with Crippen molar-refractivity contribution in [3.63, 3.8) is 0 Å². The first-order chi connectivity index (χ1) is 18.2. The van der Waals surface area contributed by atoms with Gasteiger partial charge in [0.25, 0.3) is 5.69 Å². The van der Waals surface area contributed by atoms with Crippen LogP contribution < -0.4 is 4.74 Å². The Morgan fingerprint density at radius 1 is 0.514 bits per heavy atom. The fourth-order valence-electron chi connectivity index (χ4n) is 2.58. The summed E-state index contributed by atoms with van der Waals surface area (Å²) in [4.78, 5) is 10.2. The van der Waals surface area contributed by atoms with E-state index in [0.717, 1.165) is 5.33 Å². The molecule has 0 aliphatic heterocycles. The van der Waals surface area contributed by atoms with E-state index in [1.54, 1.807) is 12.1 Å². The summed E-state index contributed by atoms with van der Waals surface area (Å²) < 4.78 is 48.6. The van der Waals surface area contributed by atoms with Crippen LogP contribution in [0.25, 0.3) is 0 Å². The summed E-state index contributed by atoms with van der Waals surface area (Å²) in [6.07, 6.45) is 0. The molecular weight excluding hydrogens is 558 g/mol. The molecule has 0 unspecified atom stereocenters. The smallest absolute Gasteiger partial charge is 0.269 e. The average Bonchev–Trinajstić information content (AvgIpc) is 2.91. The number of hydrogen-bond donors (Lipinski definition) is 0. The maximum Gasteiger partial charge on any atom is 0.269 e. The number of nitrogens with zero attached hydrogens (tertiary/aromatic N) is 1. The summed E-state index contributed by atoms with van der Waals surface area (Å²) in [6.45, 7) is 8.57. The quantitative estimate of drug-likeness (QED) is 0.0611. The van der Waals surface area contributed by atoms with Gasteiger partial charge in [-0.2, -0.15) is 0 Å². The van der Waals surface area contributed by atoms with Gasteiger partial charge in [-0.05, 0) is 12.1 Å². The van der Waals surface area contributed by atoms with Crippen molar-refractivity contribution in [1.82, 2.24) is 0 Å². The minimum atomic E-state index is -0.451. The molecule has 214 valence electrons. The van der Waals surface area contributed by atoms with Crippen molar-refractivity contribution in [2.75, 3.05) is 118 Å². The molecule has 0 amide bonds. The third kappa shape index (κ3) is 22.3. The summed E-state index contributed by atoms with van der Waals surface area (Å²) in [7, 11) is 0. The molecule has 0 atom stereocenters. The lowest BCUT2D eigenvalue weighted by Gasteiger charge is -2.09. The van der Waals surface area contributed by atoms with Gasteiger partial charge in [0.1, 0.15) is 12.4 Å². The van der Waals surface area contributed by atoms with E-state index in [0.29, 0.717) is 118 Å². The van der Waals surface area contributed by atoms with Crippen LogP contribution >= 0.6 is 15.9 Å². The standard InChI is InChI=1S/C24H40BrNO11/c25-5-6-29-7-8-30-9-10-31-11-12-32-13-14-33-15-16-34-17-18-35-19-20-36-21-22-37-24-3-1-23(2-4-24)26(27)28/h1-4H,5-22H2. The second-order valence-corrected chi connectivity index (χ2v) is 7.98. The molecule has 0 spiro atoms. The van der Waals surface area contributed by atoms with Crippen LogP contribution in [0.5, 0.6) is 5.75 Å². The Hall–Kier alpha value is -1.42. The van der Waals surface area contributed by atoms with Gasteiger partial charge < -0.3 is 42.6 Å². The molecule has 0 N–H and O–H groups in total. The fourth-order valence-corrected chi connectivity index (χ4v) is 2.81. The molecule has 0 saturated heterocycles. The Kier molecular flexibility index (Phi) is 23.8. The summed E-state index contributed by atoms with van der Waals surface area (Å²) in [5.41, 5.74) is 0.0289. The van der Waals surface area contributed by atoms with Crippen LogP contribution in [0, 0.1) is 10.1 Å². The largest absolute Gasteiger partial charge is 0.491 e. The summed E-state index contributed by atoms with van der Waals surface area (Å²) in [5.74, 6) is 0.560. The van der Waals surface area contributed by atoms with Gasteiger partial charge in [-0.15, -0.1) is 0 Å². The number of halogens is 1. The second kappa shape index (κ2) is 26.2. The van der Waals surface area contributed by atoms with Gasteiger partial charge in [-0.1, -0.05) is 15.9 Å². The highest BCUT2D eigenvalue weighted by Crippen LogP contribution is 2.17. The lowest BCUT2D eigenvalue weighted by molar-refractivity contribution is -0.384. The van der Waals surface area contributed by atoms with E-state index in [9.17, 15) is 10.1 Å². The zero-order valence-corrected chi connectivity index (χ0v) is 22.9. The maximum absolute atomic E-state index is 10.6. The number of benzene rings is 1. The van der Waals surface area contributed by atoms with Gasteiger partial charge in [-0.3, -0.25) is 10.1 Å². The normalized spacial score (nSPS) is 11.2. The van der Waals surface area contributed by atoms with Crippen molar-refractivity contribution < 1.29 is 47.6 Å². The van der Waals surface area contributed by atoms with E-state index < -0.39 is 4.92 Å². The second-order valence-electron chi connectivity index (χ2n) is 7.19. The first-order valence-corrected chi connectivity index (χ1v) is 13.4. The first kappa shape index (κ1) is 33.6. The predicted octanol–water partition coefficient (Wildman–Crippen LogP) is 2.50. The Balaban J connectivity index is 1.69. The van der Waals surface area contributed by atoms with Crippen LogP contribution in [0.1, 0.15) is 0 Å². The first-order valence-electron chi connectivity index (χ1n) is 12.3. The third-order valence-corrected chi connectivity index (χ3v) is 4.69. The molecule has 0 fully saturated rings. The molecule has 0 bridgehead atoms. The van der Waals surface area contributed by atoms with E-state index in [4.69, 9.17) is 42.6 Å². The Labute approximate surface area is 227 Å². The average molecular weight is 598 g/mol. The predicted molar refractivity (Wildman–Crippen MR) is 139 cm³/mol. The number of non-ortho nitro benzene ring substituents is 1. The SMILES string of the molecule is O=[N+]([O-])c1ccc(OCCOCCOCCOCCOCCOCCOCCOCCOCCBr)cc1. The topological polar surface area (TPSA) is 126 Å². The number of nitro groups is 1. The van der Waals surface area contributed by atoms with Gasteiger partial charge in [0.2, 0.25) is 0 Å². The number of rotatable bonds is 28. The molecule has 0 saturated carbocycles. The molecule has 0 radical (unpaired) electrons. The third-order valence-electron chi connectivity index (χ3n) is 4.37. The lowest BCUT2D eigenvalue weighted by atomic mass is 10.3. The van der Waals surface area contributed by atoms with Crippen LogP contribution in [-0.2, 0) is 37.9 Å². The van der Waals surface area contributed by atoms with Crippen LogP contribution in [0.15, 0.2) is 24.3 Å². The van der Waals surface area contributed by atoms with Crippen molar-refractivity contribution >= 4 is 21.6 Å². The number of hydrogen-bond acceptors (Lipinski definition) is 11. The molecule has 0 aliphatic carbocycles. The number of alkyl halides is 1. The molecular formula is C24H40BrNO11. The van der Waals surface area contributed by atoms with E-state index in [1.165, 1.54) is 12.1 Å². The molecule has 1 aromatic rings. The Morgan fingerprint density at radius 3 is 1.11 bits per heavy atom. The van der Waals surface area contributed by atoms with Crippen molar-refractivity contribution in [1.29, 1.82) is 0 Å². The summed E-state index contributed by atoms with van der Waals surface area (Å²) in [5, 5.41) is 11.4. The molecule has 37 heavy (non-hydrogen) atoms. The molecule has 0 aromatic heterocycles. The van der Waals surface area contributed by atoms with Crippen LogP contribution in [0.4, 0.5) is 5.69 Å². The van der Waals surface area contributed by atoms with Gasteiger partial charge in [-0.25, -0.2) is 0 Å². The summed E-state index contributed by atoms with van der Waals surface area (Å²) >= 11 is 3.29. The minimum absolute atomic E-state index is 0.0289. The Bertz CT molecular complexity index is 640. The summed E-state index contributed by atoms with van der Waals surface area (Å²) in [6, 6.07) is 5.91. The zero-order chi connectivity index (χ0) is 26.7. The highest BCUT2D eigenvalue weighted by atomic mass is 79.9. The van der Waals surface area contributed by atoms with Gasteiger partial charge in [0.15, 0.2) is 0 Å². The molecule has 0 aliphatic rings. The van der Waals surface area contributed by atoms with Crippen molar-refractivity contribution in [3.05, 3.63) is 34.4 Å². The van der Waals surface area contributed by atoms with Crippen molar-refractivity contribution in [2.24, 2.45) is 0 Å². The monoisotopic (exact) mass is 597 g/mol. The zero-order valence-electron chi connectivity index (χ0n) is 21.4. The lowest BCUT2D eigenvalue weighted by Crippen LogP contribution is -2.15. The highest BCUT2D eigenvalue weighted by Gasteiger charge is 2.04. The maximum atomic E-state index is 10.6. The Morgan fingerprint density at radius 2 is 0.811 bits per heavy atom. The van der Waals surface area contributed by atoms with Gasteiger partial charge in [0.05, 0.1) is 111 Å². The van der Waals surface area contributed by atoms with Gasteiger partial charge >= 0.3 is 0 Å². The van der Waals surface area contributed by atoms with Crippen LogP contribution in [-0.4, -0.2) is 123 Å². The minimum Gasteiger partial charge on any atom is -0.491 e. The number of nitro benzene ring substituents is 1. The van der Waals surface area contributed by atoms with E-state index in [-0.39, 0.29) is 5.69 Å². The van der Waals surface area contributed by atoms with Crippen molar-refractivity contribution in [3.8, 4) is 5.75 Å². The molecule has 13 heteroatoms. The fraction of sp³-hybridized carbons (Fsp3) is 0.750. The van der Waals surface area contributed by atoms with Gasteiger partial charge in [0, 0.05) is 17.5 Å². The molecule has 1 rings (SSSR count). The van der Waals surface area contributed by atoms with E-state index in [1.807, 2.05) is 0 Å². The molecule has 1 aromatic carbocycles. The molecule has 12 nitrogen and oxygen atoms in total. The van der Waals surface area contributed by atoms with Crippen LogP contribution in [0.3, 0.4) is 0 Å². The van der Waals surface area contributed by atoms with Crippen LogP contribution in [0.2, 0.25) is 0 Å². The molecule has 0 heterocycles. The van der Waals surface area contributed by atoms with Crippen molar-refractivity contribution in [2.45, 2.75) is 0 Å². The van der Waals surface area contributed by atoms with E-state index >= 15 is 0 Å². The van der Waals surface area contributed by atoms with E-state index in [2.05, 4.69) is 15.9 Å². The number of ether oxygens (including phenoxy) is 9. The highest BCUT2D eigenvalue weighted by molar-refractivity contribution is 9.09.